The number of fused-ring (bicyclic) bond motifs is 1. The summed E-state index contributed by atoms with van der Waals surface area (Å²) in [4.78, 5) is 12.5. The van der Waals surface area contributed by atoms with Gasteiger partial charge in [-0.05, 0) is 30.4 Å². The van der Waals surface area contributed by atoms with E-state index in [1.807, 2.05) is 49.0 Å². The van der Waals surface area contributed by atoms with Crippen molar-refractivity contribution in [2.45, 2.75) is 32.1 Å². The molecule has 1 atom stereocenters. The average Bonchev–Trinajstić information content (AvgIpc) is 2.73. The van der Waals surface area contributed by atoms with Crippen molar-refractivity contribution in [3.05, 3.63) is 77.9 Å². The Morgan fingerprint density at radius 3 is 2.57 bits per heavy atom. The SMILES string of the molecule is CCC(Oc1cccc2ccccc12)C(=O)NCCSCc1ccc(C)cc1. The van der Waals surface area contributed by atoms with E-state index in [0.717, 1.165) is 28.0 Å². The van der Waals surface area contributed by atoms with Gasteiger partial charge in [0.2, 0.25) is 0 Å². The molecular weight excluding hydrogens is 366 g/mol. The number of amides is 1. The fourth-order valence-corrected chi connectivity index (χ4v) is 3.83. The molecule has 0 aliphatic rings. The van der Waals surface area contributed by atoms with E-state index in [-0.39, 0.29) is 5.91 Å². The van der Waals surface area contributed by atoms with Crippen molar-refractivity contribution >= 4 is 28.4 Å². The van der Waals surface area contributed by atoms with Crippen molar-refractivity contribution in [2.24, 2.45) is 0 Å². The molecule has 0 spiro atoms. The fourth-order valence-electron chi connectivity index (χ4n) is 3.01. The zero-order valence-corrected chi connectivity index (χ0v) is 17.3. The van der Waals surface area contributed by atoms with E-state index in [9.17, 15) is 4.79 Å². The Balaban J connectivity index is 1.47. The van der Waals surface area contributed by atoms with E-state index in [4.69, 9.17) is 4.74 Å². The van der Waals surface area contributed by atoms with Gasteiger partial charge in [0.1, 0.15) is 5.75 Å². The lowest BCUT2D eigenvalue weighted by Gasteiger charge is -2.18. The van der Waals surface area contributed by atoms with Gasteiger partial charge in [0.25, 0.3) is 5.91 Å². The molecule has 3 nitrogen and oxygen atoms in total. The van der Waals surface area contributed by atoms with Crippen molar-refractivity contribution in [1.29, 1.82) is 0 Å². The second-order valence-corrected chi connectivity index (χ2v) is 7.93. The maximum absolute atomic E-state index is 12.5. The lowest BCUT2D eigenvalue weighted by molar-refractivity contribution is -0.127. The molecule has 0 aliphatic carbocycles. The maximum Gasteiger partial charge on any atom is 0.261 e. The highest BCUT2D eigenvalue weighted by atomic mass is 32.2. The molecule has 3 aromatic carbocycles. The zero-order chi connectivity index (χ0) is 19.8. The van der Waals surface area contributed by atoms with Gasteiger partial charge in [0.15, 0.2) is 6.10 Å². The van der Waals surface area contributed by atoms with Crippen molar-refractivity contribution in [3.63, 3.8) is 0 Å². The van der Waals surface area contributed by atoms with E-state index >= 15 is 0 Å². The van der Waals surface area contributed by atoms with Crippen LogP contribution in [0.4, 0.5) is 0 Å². The summed E-state index contributed by atoms with van der Waals surface area (Å²) in [6.07, 6.45) is 0.152. The molecule has 1 amide bonds. The number of benzene rings is 3. The first-order chi connectivity index (χ1) is 13.7. The fraction of sp³-hybridized carbons (Fsp3) is 0.292. The summed E-state index contributed by atoms with van der Waals surface area (Å²) in [5.74, 6) is 2.55. The van der Waals surface area contributed by atoms with Gasteiger partial charge in [-0.2, -0.15) is 11.8 Å². The minimum Gasteiger partial charge on any atom is -0.480 e. The molecule has 0 aromatic heterocycles. The number of rotatable bonds is 9. The van der Waals surface area contributed by atoms with Gasteiger partial charge in [-0.3, -0.25) is 4.79 Å². The number of thioether (sulfide) groups is 1. The number of hydrogen-bond donors (Lipinski definition) is 1. The quantitative estimate of drug-likeness (QED) is 0.498. The summed E-state index contributed by atoms with van der Waals surface area (Å²) in [6.45, 7) is 4.71. The van der Waals surface area contributed by atoms with Gasteiger partial charge in [0.05, 0.1) is 0 Å². The Labute approximate surface area is 171 Å². The molecule has 1 N–H and O–H groups in total. The van der Waals surface area contributed by atoms with E-state index in [0.29, 0.717) is 13.0 Å². The molecule has 3 rings (SSSR count). The molecule has 0 saturated carbocycles. The number of carbonyl (C=O) groups excluding carboxylic acids is 1. The van der Waals surface area contributed by atoms with Crippen LogP contribution in [-0.4, -0.2) is 24.3 Å². The zero-order valence-electron chi connectivity index (χ0n) is 16.5. The highest BCUT2D eigenvalue weighted by molar-refractivity contribution is 7.98. The number of ether oxygens (including phenoxy) is 1. The monoisotopic (exact) mass is 393 g/mol. The Kier molecular flexibility index (Phi) is 7.38. The third-order valence-electron chi connectivity index (χ3n) is 4.62. The Morgan fingerprint density at radius 1 is 1.04 bits per heavy atom. The van der Waals surface area contributed by atoms with Crippen molar-refractivity contribution in [2.75, 3.05) is 12.3 Å². The molecule has 0 fully saturated rings. The molecule has 0 heterocycles. The van der Waals surface area contributed by atoms with Crippen LogP contribution in [0.3, 0.4) is 0 Å². The molecule has 0 aliphatic heterocycles. The first-order valence-corrected chi connectivity index (χ1v) is 10.9. The first kappa shape index (κ1) is 20.3. The lowest BCUT2D eigenvalue weighted by Crippen LogP contribution is -2.39. The van der Waals surface area contributed by atoms with Crippen LogP contribution in [0.1, 0.15) is 24.5 Å². The second-order valence-electron chi connectivity index (χ2n) is 6.82. The molecule has 1 unspecified atom stereocenters. The lowest BCUT2D eigenvalue weighted by atomic mass is 10.1. The van der Waals surface area contributed by atoms with Crippen LogP contribution in [0.5, 0.6) is 5.75 Å². The van der Waals surface area contributed by atoms with Gasteiger partial charge in [-0.1, -0.05) is 73.2 Å². The van der Waals surface area contributed by atoms with E-state index < -0.39 is 6.10 Å². The minimum atomic E-state index is -0.479. The molecule has 3 aromatic rings. The normalized spacial score (nSPS) is 11.9. The van der Waals surface area contributed by atoms with Crippen molar-refractivity contribution in [1.82, 2.24) is 5.32 Å². The molecular formula is C24H27NO2S. The van der Waals surface area contributed by atoms with Gasteiger partial charge >= 0.3 is 0 Å². The highest BCUT2D eigenvalue weighted by Crippen LogP contribution is 2.26. The topological polar surface area (TPSA) is 38.3 Å². The Morgan fingerprint density at radius 2 is 1.79 bits per heavy atom. The minimum absolute atomic E-state index is 0.0497. The summed E-state index contributed by atoms with van der Waals surface area (Å²) in [5.41, 5.74) is 2.59. The van der Waals surface area contributed by atoms with Crippen molar-refractivity contribution < 1.29 is 9.53 Å². The van der Waals surface area contributed by atoms with Crippen LogP contribution >= 0.6 is 11.8 Å². The average molecular weight is 394 g/mol. The largest absolute Gasteiger partial charge is 0.480 e. The maximum atomic E-state index is 12.5. The highest BCUT2D eigenvalue weighted by Gasteiger charge is 2.18. The van der Waals surface area contributed by atoms with Gasteiger partial charge in [-0.15, -0.1) is 0 Å². The third-order valence-corrected chi connectivity index (χ3v) is 5.65. The third kappa shape index (κ3) is 5.52. The van der Waals surface area contributed by atoms with E-state index in [1.165, 1.54) is 11.1 Å². The summed E-state index contributed by atoms with van der Waals surface area (Å²) in [5, 5.41) is 5.16. The molecule has 0 saturated heterocycles. The number of aryl methyl sites for hydroxylation is 1. The van der Waals surface area contributed by atoms with Crippen LogP contribution in [0.25, 0.3) is 10.8 Å². The molecule has 0 bridgehead atoms. The van der Waals surface area contributed by atoms with Crippen LogP contribution in [0, 0.1) is 6.92 Å². The standard InChI is InChI=1S/C24H27NO2S/c1-3-22(27-23-10-6-8-20-7-4-5-9-21(20)23)24(26)25-15-16-28-17-19-13-11-18(2)12-14-19/h4-14,22H,3,15-17H2,1-2H3,(H,25,26). The number of carbonyl (C=O) groups is 1. The smallest absolute Gasteiger partial charge is 0.261 e. The van der Waals surface area contributed by atoms with Gasteiger partial charge in [0, 0.05) is 23.4 Å². The number of nitrogens with one attached hydrogen (secondary N) is 1. The van der Waals surface area contributed by atoms with Gasteiger partial charge < -0.3 is 10.1 Å². The predicted octanol–water partition coefficient (Wildman–Crippen LogP) is 5.36. The van der Waals surface area contributed by atoms with E-state index in [2.05, 4.69) is 48.6 Å². The second kappa shape index (κ2) is 10.2. The van der Waals surface area contributed by atoms with Crippen LogP contribution in [0.15, 0.2) is 66.7 Å². The molecule has 146 valence electrons. The van der Waals surface area contributed by atoms with Crippen LogP contribution < -0.4 is 10.1 Å². The summed E-state index contributed by atoms with van der Waals surface area (Å²) >= 11 is 1.82. The summed E-state index contributed by atoms with van der Waals surface area (Å²) in [6, 6.07) is 22.6. The van der Waals surface area contributed by atoms with Crippen LogP contribution in [0.2, 0.25) is 0 Å². The number of hydrogen-bond acceptors (Lipinski definition) is 3. The van der Waals surface area contributed by atoms with Crippen molar-refractivity contribution in [3.8, 4) is 5.75 Å². The molecule has 4 heteroatoms. The van der Waals surface area contributed by atoms with E-state index in [1.54, 1.807) is 0 Å². The molecule has 28 heavy (non-hydrogen) atoms. The van der Waals surface area contributed by atoms with Crippen LogP contribution in [-0.2, 0) is 10.5 Å². The van der Waals surface area contributed by atoms with Gasteiger partial charge in [-0.25, -0.2) is 0 Å². The predicted molar refractivity (Wildman–Crippen MR) is 119 cm³/mol. The first-order valence-electron chi connectivity index (χ1n) is 9.73. The Hall–Kier alpha value is -2.46. The summed E-state index contributed by atoms with van der Waals surface area (Å²) < 4.78 is 6.06. The summed E-state index contributed by atoms with van der Waals surface area (Å²) in [7, 11) is 0. The Bertz CT molecular complexity index is 903. The molecule has 0 radical (unpaired) electrons.